The second kappa shape index (κ2) is 6.42. The summed E-state index contributed by atoms with van der Waals surface area (Å²) in [6.45, 7) is 2.13. The molecule has 0 saturated carbocycles. The molecule has 1 atom stereocenters. The first kappa shape index (κ1) is 15.6. The lowest BCUT2D eigenvalue weighted by Gasteiger charge is -2.29. The molecule has 0 radical (unpaired) electrons. The Bertz CT molecular complexity index is 710. The molecule has 0 aliphatic heterocycles. The average molecular weight is 314 g/mol. The predicted molar refractivity (Wildman–Crippen MR) is 88.3 cm³/mol. The third-order valence-electron chi connectivity index (χ3n) is 4.32. The van der Waals surface area contributed by atoms with E-state index in [1.165, 1.54) is 11.1 Å². The number of hydrogen-bond acceptors (Lipinski definition) is 3. The Labute approximate surface area is 135 Å². The Balaban J connectivity index is 1.82. The summed E-state index contributed by atoms with van der Waals surface area (Å²) in [4.78, 5) is 14.4. The van der Waals surface area contributed by atoms with Gasteiger partial charge in [0, 0.05) is 19.7 Å². The van der Waals surface area contributed by atoms with Crippen LogP contribution in [0.1, 0.15) is 29.3 Å². The largest absolute Gasteiger partial charge is 0.395 e. The number of hydrogen-bond donors (Lipinski definition) is 2. The number of amides is 2. The standard InChI is InChI=1S/C17H22N4O2/c1-12-11-16(20(2)19-12)18-17(23)21(9-10-22)15-8-7-13-5-3-4-6-14(13)15/h3-6,11,15,22H,7-10H2,1-2H3,(H,18,23). The summed E-state index contributed by atoms with van der Waals surface area (Å²) < 4.78 is 1.65. The van der Waals surface area contributed by atoms with Crippen molar-refractivity contribution in [3.8, 4) is 0 Å². The fraction of sp³-hybridized carbons (Fsp3) is 0.412. The van der Waals surface area contributed by atoms with Gasteiger partial charge in [-0.25, -0.2) is 4.79 Å². The summed E-state index contributed by atoms with van der Waals surface area (Å²) in [5, 5.41) is 16.5. The molecule has 6 heteroatoms. The molecule has 1 aliphatic rings. The maximum Gasteiger partial charge on any atom is 0.323 e. The average Bonchev–Trinajstić information content (AvgIpc) is 3.08. The van der Waals surface area contributed by atoms with E-state index in [-0.39, 0.29) is 18.7 Å². The van der Waals surface area contributed by atoms with Gasteiger partial charge in [-0.15, -0.1) is 0 Å². The Morgan fingerprint density at radius 2 is 2.26 bits per heavy atom. The van der Waals surface area contributed by atoms with Crippen molar-refractivity contribution >= 4 is 11.8 Å². The Morgan fingerprint density at radius 3 is 2.96 bits per heavy atom. The SMILES string of the molecule is Cc1cc(NC(=O)N(CCO)C2CCc3ccccc32)n(C)n1. The summed E-state index contributed by atoms with van der Waals surface area (Å²) >= 11 is 0. The molecule has 2 N–H and O–H groups in total. The zero-order valence-electron chi connectivity index (χ0n) is 13.5. The fourth-order valence-electron chi connectivity index (χ4n) is 3.27. The smallest absolute Gasteiger partial charge is 0.323 e. The van der Waals surface area contributed by atoms with E-state index in [1.54, 1.807) is 16.6 Å². The zero-order valence-corrected chi connectivity index (χ0v) is 13.5. The van der Waals surface area contributed by atoms with Crippen molar-refractivity contribution in [2.45, 2.75) is 25.8 Å². The fourth-order valence-corrected chi connectivity index (χ4v) is 3.27. The van der Waals surface area contributed by atoms with E-state index in [0.717, 1.165) is 18.5 Å². The normalized spacial score (nSPS) is 16.2. The van der Waals surface area contributed by atoms with Gasteiger partial charge in [-0.1, -0.05) is 24.3 Å². The van der Waals surface area contributed by atoms with Gasteiger partial charge in [0.05, 0.1) is 18.3 Å². The molecule has 122 valence electrons. The zero-order chi connectivity index (χ0) is 16.4. The van der Waals surface area contributed by atoms with Gasteiger partial charge in [-0.2, -0.15) is 5.10 Å². The number of carbonyl (C=O) groups excluding carboxylic acids is 1. The van der Waals surface area contributed by atoms with E-state index in [4.69, 9.17) is 0 Å². The van der Waals surface area contributed by atoms with Gasteiger partial charge in [-0.05, 0) is 30.9 Å². The van der Waals surface area contributed by atoms with E-state index in [9.17, 15) is 9.90 Å². The van der Waals surface area contributed by atoms with Crippen molar-refractivity contribution in [2.75, 3.05) is 18.5 Å². The molecule has 1 aromatic heterocycles. The highest BCUT2D eigenvalue weighted by atomic mass is 16.3. The van der Waals surface area contributed by atoms with Crippen molar-refractivity contribution < 1.29 is 9.90 Å². The first-order chi connectivity index (χ1) is 11.1. The molecule has 1 aliphatic carbocycles. The van der Waals surface area contributed by atoms with Crippen molar-refractivity contribution in [3.63, 3.8) is 0 Å². The van der Waals surface area contributed by atoms with Gasteiger partial charge in [-0.3, -0.25) is 10.00 Å². The number of rotatable bonds is 4. The van der Waals surface area contributed by atoms with Gasteiger partial charge >= 0.3 is 6.03 Å². The molecule has 6 nitrogen and oxygen atoms in total. The molecule has 2 amide bonds. The van der Waals surface area contributed by atoms with Crippen LogP contribution in [-0.4, -0.2) is 39.0 Å². The van der Waals surface area contributed by atoms with Gasteiger partial charge in [0.25, 0.3) is 0 Å². The van der Waals surface area contributed by atoms with Crippen molar-refractivity contribution in [1.29, 1.82) is 0 Å². The number of aliphatic hydroxyl groups is 1. The second-order valence-corrected chi connectivity index (χ2v) is 5.90. The summed E-state index contributed by atoms with van der Waals surface area (Å²) in [6.07, 6.45) is 1.85. The lowest BCUT2D eigenvalue weighted by molar-refractivity contribution is 0.162. The maximum atomic E-state index is 12.7. The molecule has 1 aromatic carbocycles. The number of aromatic nitrogens is 2. The highest BCUT2D eigenvalue weighted by molar-refractivity contribution is 5.89. The quantitative estimate of drug-likeness (QED) is 0.909. The summed E-state index contributed by atoms with van der Waals surface area (Å²) in [6, 6.07) is 9.83. The van der Waals surface area contributed by atoms with Crippen molar-refractivity contribution in [1.82, 2.24) is 14.7 Å². The van der Waals surface area contributed by atoms with Crippen LogP contribution in [-0.2, 0) is 13.5 Å². The highest BCUT2D eigenvalue weighted by Gasteiger charge is 2.30. The molecular weight excluding hydrogens is 292 g/mol. The number of benzene rings is 1. The number of aliphatic hydroxyl groups excluding tert-OH is 1. The predicted octanol–water partition coefficient (Wildman–Crippen LogP) is 2.24. The van der Waals surface area contributed by atoms with E-state index >= 15 is 0 Å². The summed E-state index contributed by atoms with van der Waals surface area (Å²) in [7, 11) is 1.80. The monoisotopic (exact) mass is 314 g/mol. The van der Waals surface area contributed by atoms with Crippen molar-refractivity contribution in [2.24, 2.45) is 7.05 Å². The lowest BCUT2D eigenvalue weighted by Crippen LogP contribution is -2.39. The minimum absolute atomic E-state index is 0.00711. The molecular formula is C17H22N4O2. The number of anilines is 1. The minimum Gasteiger partial charge on any atom is -0.395 e. The maximum absolute atomic E-state index is 12.7. The third-order valence-corrected chi connectivity index (χ3v) is 4.32. The van der Waals surface area contributed by atoms with Crippen LogP contribution >= 0.6 is 0 Å². The number of nitrogens with zero attached hydrogens (tertiary/aromatic N) is 3. The van der Waals surface area contributed by atoms with Crippen LogP contribution in [0.3, 0.4) is 0 Å². The number of carbonyl (C=O) groups is 1. The van der Waals surface area contributed by atoms with Crippen LogP contribution in [0.4, 0.5) is 10.6 Å². The van der Waals surface area contributed by atoms with Crippen molar-refractivity contribution in [3.05, 3.63) is 47.2 Å². The molecule has 23 heavy (non-hydrogen) atoms. The lowest BCUT2D eigenvalue weighted by atomic mass is 10.1. The van der Waals surface area contributed by atoms with Crippen LogP contribution in [0, 0.1) is 6.92 Å². The first-order valence-corrected chi connectivity index (χ1v) is 7.87. The highest BCUT2D eigenvalue weighted by Crippen LogP contribution is 2.35. The number of aryl methyl sites for hydroxylation is 3. The van der Waals surface area contributed by atoms with Crippen LogP contribution < -0.4 is 5.32 Å². The molecule has 1 unspecified atom stereocenters. The van der Waals surface area contributed by atoms with E-state index < -0.39 is 0 Å². The Morgan fingerprint density at radius 1 is 1.48 bits per heavy atom. The number of nitrogens with one attached hydrogen (secondary N) is 1. The Kier molecular flexibility index (Phi) is 4.34. The molecule has 0 bridgehead atoms. The van der Waals surface area contributed by atoms with Gasteiger partial charge in [0.15, 0.2) is 0 Å². The van der Waals surface area contributed by atoms with Crippen LogP contribution in [0.15, 0.2) is 30.3 Å². The van der Waals surface area contributed by atoms with Crippen LogP contribution in [0.5, 0.6) is 0 Å². The molecule has 3 rings (SSSR count). The minimum atomic E-state index is -0.205. The number of fused-ring (bicyclic) bond motifs is 1. The molecule has 0 saturated heterocycles. The number of urea groups is 1. The summed E-state index contributed by atoms with van der Waals surface area (Å²) in [5.41, 5.74) is 3.31. The first-order valence-electron chi connectivity index (χ1n) is 7.87. The molecule has 0 spiro atoms. The molecule has 2 aromatic rings. The molecule has 0 fully saturated rings. The second-order valence-electron chi connectivity index (χ2n) is 5.90. The van der Waals surface area contributed by atoms with Crippen LogP contribution in [0.25, 0.3) is 0 Å². The van der Waals surface area contributed by atoms with Gasteiger partial charge in [0.1, 0.15) is 5.82 Å². The summed E-state index contributed by atoms with van der Waals surface area (Å²) in [5.74, 6) is 0.654. The Hall–Kier alpha value is -2.34. The van der Waals surface area contributed by atoms with E-state index in [1.807, 2.05) is 25.1 Å². The van der Waals surface area contributed by atoms with Gasteiger partial charge < -0.3 is 10.0 Å². The van der Waals surface area contributed by atoms with Crippen LogP contribution in [0.2, 0.25) is 0 Å². The van der Waals surface area contributed by atoms with E-state index in [0.29, 0.717) is 12.4 Å². The van der Waals surface area contributed by atoms with Gasteiger partial charge in [0.2, 0.25) is 0 Å². The van der Waals surface area contributed by atoms with E-state index in [2.05, 4.69) is 22.5 Å². The third kappa shape index (κ3) is 3.07. The molecule has 1 heterocycles. The topological polar surface area (TPSA) is 70.4 Å².